The van der Waals surface area contributed by atoms with Crippen LogP contribution in [0.15, 0.2) is 0 Å². The van der Waals surface area contributed by atoms with Crippen LogP contribution < -0.4 is 5.73 Å². The summed E-state index contributed by atoms with van der Waals surface area (Å²) < 4.78 is 0. The molecule has 0 saturated heterocycles. The van der Waals surface area contributed by atoms with Crippen molar-refractivity contribution in [3.8, 4) is 0 Å². The van der Waals surface area contributed by atoms with Crippen LogP contribution in [0.3, 0.4) is 0 Å². The summed E-state index contributed by atoms with van der Waals surface area (Å²) in [6, 6.07) is -1.05. The monoisotopic (exact) mass is 173 g/mol. The maximum Gasteiger partial charge on any atom is 0.320 e. The third kappa shape index (κ3) is 3.48. The van der Waals surface area contributed by atoms with Crippen molar-refractivity contribution >= 4 is 11.8 Å². The number of carbonyl (C=O) groups excluding carboxylic acids is 1. The van der Waals surface area contributed by atoms with E-state index in [9.17, 15) is 9.59 Å². The number of aliphatic carboxylic acids is 1. The molecule has 2 atom stereocenters. The van der Waals surface area contributed by atoms with E-state index in [1.54, 1.807) is 6.92 Å². The smallest absolute Gasteiger partial charge is 0.320 e. The van der Waals surface area contributed by atoms with E-state index in [0.717, 1.165) is 6.42 Å². The molecule has 3 N–H and O–H groups in total. The van der Waals surface area contributed by atoms with Gasteiger partial charge in [0.2, 0.25) is 0 Å². The van der Waals surface area contributed by atoms with Crippen LogP contribution >= 0.6 is 0 Å². The molecule has 0 heterocycles. The van der Waals surface area contributed by atoms with E-state index in [-0.39, 0.29) is 18.1 Å². The predicted molar refractivity (Wildman–Crippen MR) is 44.7 cm³/mol. The lowest BCUT2D eigenvalue weighted by Crippen LogP contribution is -2.33. The fourth-order valence-corrected chi connectivity index (χ4v) is 0.733. The number of hydrogen-bond donors (Lipinski definition) is 2. The van der Waals surface area contributed by atoms with E-state index in [1.807, 2.05) is 6.92 Å². The van der Waals surface area contributed by atoms with Crippen LogP contribution in [-0.4, -0.2) is 22.9 Å². The fourth-order valence-electron chi connectivity index (χ4n) is 0.733. The second-order valence-corrected chi connectivity index (χ2v) is 2.92. The van der Waals surface area contributed by atoms with Gasteiger partial charge in [0.05, 0.1) is 0 Å². The molecule has 12 heavy (non-hydrogen) atoms. The summed E-state index contributed by atoms with van der Waals surface area (Å²) in [5.74, 6) is -1.28. The van der Waals surface area contributed by atoms with E-state index in [1.165, 1.54) is 0 Å². The minimum absolute atomic E-state index is 0.0651. The molecule has 4 heteroatoms. The van der Waals surface area contributed by atoms with Crippen molar-refractivity contribution in [3.63, 3.8) is 0 Å². The lowest BCUT2D eigenvalue weighted by molar-refractivity contribution is -0.140. The van der Waals surface area contributed by atoms with E-state index in [2.05, 4.69) is 0 Å². The molecule has 0 aliphatic carbocycles. The van der Waals surface area contributed by atoms with Crippen molar-refractivity contribution in [1.82, 2.24) is 0 Å². The number of nitrogens with two attached hydrogens (primary N) is 1. The first-order valence-electron chi connectivity index (χ1n) is 4.00. The number of carboxylic acid groups (broad SMARTS) is 1. The Balaban J connectivity index is 3.92. The molecule has 0 aliphatic heterocycles. The van der Waals surface area contributed by atoms with Crippen LogP contribution in [0.2, 0.25) is 0 Å². The highest BCUT2D eigenvalue weighted by atomic mass is 16.4. The molecule has 0 amide bonds. The molecule has 0 radical (unpaired) electrons. The van der Waals surface area contributed by atoms with Crippen LogP contribution in [0.5, 0.6) is 0 Å². The number of carbonyl (C=O) groups is 2. The molecule has 0 aromatic rings. The highest BCUT2D eigenvalue weighted by molar-refractivity contribution is 5.86. The Kier molecular flexibility index (Phi) is 4.51. The van der Waals surface area contributed by atoms with Crippen LogP contribution in [0.1, 0.15) is 26.7 Å². The van der Waals surface area contributed by atoms with Gasteiger partial charge in [-0.3, -0.25) is 9.59 Å². The lowest BCUT2D eigenvalue weighted by Gasteiger charge is -2.09. The molecule has 0 aromatic heterocycles. The Hall–Kier alpha value is -0.900. The summed E-state index contributed by atoms with van der Waals surface area (Å²) in [6.45, 7) is 3.66. The van der Waals surface area contributed by atoms with E-state index < -0.39 is 12.0 Å². The lowest BCUT2D eigenvalue weighted by atomic mass is 9.98. The van der Waals surface area contributed by atoms with Gasteiger partial charge >= 0.3 is 5.97 Å². The van der Waals surface area contributed by atoms with Gasteiger partial charge in [0, 0.05) is 12.3 Å². The molecule has 0 aromatic carbocycles. The van der Waals surface area contributed by atoms with Crippen molar-refractivity contribution in [2.45, 2.75) is 32.7 Å². The molecule has 0 spiro atoms. The highest BCUT2D eigenvalue weighted by Gasteiger charge is 2.19. The summed E-state index contributed by atoms with van der Waals surface area (Å²) >= 11 is 0. The number of ketones is 1. The highest BCUT2D eigenvalue weighted by Crippen LogP contribution is 2.06. The maximum absolute atomic E-state index is 11.1. The van der Waals surface area contributed by atoms with E-state index in [0.29, 0.717) is 0 Å². The van der Waals surface area contributed by atoms with Crippen LogP contribution in [0.25, 0.3) is 0 Å². The first kappa shape index (κ1) is 11.1. The number of carboxylic acids is 1. The zero-order valence-corrected chi connectivity index (χ0v) is 7.41. The zero-order valence-electron chi connectivity index (χ0n) is 7.41. The molecule has 0 bridgehead atoms. The molecular weight excluding hydrogens is 158 g/mol. The van der Waals surface area contributed by atoms with Gasteiger partial charge in [-0.1, -0.05) is 13.8 Å². The standard InChI is InChI=1S/C8H15NO3/c1-3-5(2)7(10)4-6(9)8(11)12/h5-6H,3-4,9H2,1-2H3,(H,11,12). The van der Waals surface area contributed by atoms with E-state index in [4.69, 9.17) is 10.8 Å². The number of rotatable bonds is 5. The summed E-state index contributed by atoms with van der Waals surface area (Å²) in [7, 11) is 0. The van der Waals surface area contributed by atoms with Crippen molar-refractivity contribution in [3.05, 3.63) is 0 Å². The number of hydrogen-bond acceptors (Lipinski definition) is 3. The molecule has 0 rings (SSSR count). The second-order valence-electron chi connectivity index (χ2n) is 2.92. The average molecular weight is 173 g/mol. The third-order valence-electron chi connectivity index (χ3n) is 1.90. The van der Waals surface area contributed by atoms with Crippen LogP contribution in [0, 0.1) is 5.92 Å². The largest absolute Gasteiger partial charge is 0.480 e. The van der Waals surface area contributed by atoms with Crippen molar-refractivity contribution in [2.75, 3.05) is 0 Å². The van der Waals surface area contributed by atoms with Gasteiger partial charge in [-0.2, -0.15) is 0 Å². The Morgan fingerprint density at radius 2 is 2.00 bits per heavy atom. The third-order valence-corrected chi connectivity index (χ3v) is 1.90. The molecule has 0 saturated carbocycles. The maximum atomic E-state index is 11.1. The second kappa shape index (κ2) is 4.87. The van der Waals surface area contributed by atoms with Gasteiger partial charge in [-0.25, -0.2) is 0 Å². The fraction of sp³-hybridized carbons (Fsp3) is 0.750. The van der Waals surface area contributed by atoms with Gasteiger partial charge in [-0.15, -0.1) is 0 Å². The average Bonchev–Trinajstić information content (AvgIpc) is 2.02. The number of Topliss-reactive ketones (excluding diaryl/α,β-unsaturated/α-hetero) is 1. The first-order chi connectivity index (χ1) is 5.49. The Bertz CT molecular complexity index is 179. The topological polar surface area (TPSA) is 80.4 Å². The predicted octanol–water partition coefficient (Wildman–Crippen LogP) is 0.404. The van der Waals surface area contributed by atoms with Gasteiger partial charge < -0.3 is 10.8 Å². The van der Waals surface area contributed by atoms with Gasteiger partial charge in [0.1, 0.15) is 11.8 Å². The normalized spacial score (nSPS) is 15.2. The Labute approximate surface area is 71.8 Å². The minimum atomic E-state index is -1.12. The van der Waals surface area contributed by atoms with E-state index >= 15 is 0 Å². The van der Waals surface area contributed by atoms with Crippen LogP contribution in [0.4, 0.5) is 0 Å². The van der Waals surface area contributed by atoms with Crippen molar-refractivity contribution in [2.24, 2.45) is 11.7 Å². The zero-order chi connectivity index (χ0) is 9.72. The Morgan fingerprint density at radius 3 is 2.33 bits per heavy atom. The summed E-state index contributed by atoms with van der Waals surface area (Å²) in [5.41, 5.74) is 5.19. The molecule has 70 valence electrons. The quantitative estimate of drug-likeness (QED) is 0.630. The molecule has 0 aliphatic rings. The SMILES string of the molecule is CCC(C)C(=O)CC(N)C(=O)O. The molecule has 0 fully saturated rings. The van der Waals surface area contributed by atoms with Gasteiger partial charge in [0.25, 0.3) is 0 Å². The molecular formula is C8H15NO3. The summed E-state index contributed by atoms with van der Waals surface area (Å²) in [4.78, 5) is 21.4. The Morgan fingerprint density at radius 1 is 1.50 bits per heavy atom. The first-order valence-corrected chi connectivity index (χ1v) is 4.00. The van der Waals surface area contributed by atoms with Gasteiger partial charge in [-0.05, 0) is 6.42 Å². The van der Waals surface area contributed by atoms with Crippen molar-refractivity contribution in [1.29, 1.82) is 0 Å². The van der Waals surface area contributed by atoms with Crippen molar-refractivity contribution < 1.29 is 14.7 Å². The summed E-state index contributed by atoms with van der Waals surface area (Å²) in [5, 5.41) is 8.41. The minimum Gasteiger partial charge on any atom is -0.480 e. The molecule has 2 unspecified atom stereocenters. The van der Waals surface area contributed by atoms with Crippen LogP contribution in [-0.2, 0) is 9.59 Å². The van der Waals surface area contributed by atoms with Gasteiger partial charge in [0.15, 0.2) is 0 Å². The summed E-state index contributed by atoms with van der Waals surface area (Å²) in [6.07, 6.45) is 0.662. The molecule has 4 nitrogen and oxygen atoms in total.